The third-order valence-corrected chi connectivity index (χ3v) is 9.11. The van der Waals surface area contributed by atoms with E-state index in [1.165, 1.54) is 16.2 Å². The molecule has 0 aliphatic heterocycles. The van der Waals surface area contributed by atoms with E-state index in [0.717, 1.165) is 51.2 Å². The normalized spacial score (nSPS) is 15.7. The molecule has 0 fully saturated rings. The zero-order valence-electron chi connectivity index (χ0n) is 20.4. The standard InChI is InChI=1S/C28H29N3O2S2/c1-15-9-12-22(34-15)21-14-19(17-7-5-6-8-20(17)30-21)26(33)31-27-24(25(29)32)18-11-10-16(28(2,3)4)13-23(18)35-27/h5-9,12,14,16H,10-11,13H2,1-4H3,(H2,29,32)(H,31,33)/t16-/m1/s1. The van der Waals surface area contributed by atoms with E-state index in [1.54, 1.807) is 11.3 Å². The number of fused-ring (bicyclic) bond motifs is 2. The van der Waals surface area contributed by atoms with Crippen LogP contribution in [-0.2, 0) is 12.8 Å². The predicted octanol–water partition coefficient (Wildman–Crippen LogP) is 6.84. The number of anilines is 1. The molecule has 0 saturated carbocycles. The van der Waals surface area contributed by atoms with Gasteiger partial charge in [0.15, 0.2) is 0 Å². The van der Waals surface area contributed by atoms with Gasteiger partial charge in [0.1, 0.15) is 5.00 Å². The maximum Gasteiger partial charge on any atom is 0.257 e. The Hall–Kier alpha value is -3.03. The third kappa shape index (κ3) is 4.50. The summed E-state index contributed by atoms with van der Waals surface area (Å²) in [6.07, 6.45) is 2.72. The highest BCUT2D eigenvalue weighted by atomic mass is 32.1. The Balaban J connectivity index is 1.55. The maximum atomic E-state index is 13.6. The lowest BCUT2D eigenvalue weighted by atomic mass is 9.72. The molecule has 35 heavy (non-hydrogen) atoms. The zero-order valence-corrected chi connectivity index (χ0v) is 22.0. The fourth-order valence-electron chi connectivity index (χ4n) is 4.91. The van der Waals surface area contributed by atoms with E-state index >= 15 is 0 Å². The highest BCUT2D eigenvalue weighted by Crippen LogP contribution is 2.44. The summed E-state index contributed by atoms with van der Waals surface area (Å²) < 4.78 is 0. The van der Waals surface area contributed by atoms with Crippen LogP contribution in [0, 0.1) is 18.3 Å². The number of nitrogens with zero attached hydrogens (tertiary/aromatic N) is 1. The molecule has 7 heteroatoms. The van der Waals surface area contributed by atoms with E-state index < -0.39 is 5.91 Å². The summed E-state index contributed by atoms with van der Waals surface area (Å²) in [6, 6.07) is 13.6. The fourth-order valence-corrected chi connectivity index (χ4v) is 7.06. The number of benzene rings is 1. The van der Waals surface area contributed by atoms with E-state index in [-0.39, 0.29) is 11.3 Å². The Bertz CT molecular complexity index is 1460. The number of thiophene rings is 2. The van der Waals surface area contributed by atoms with Crippen molar-refractivity contribution >= 4 is 50.4 Å². The molecule has 3 N–H and O–H groups in total. The number of para-hydroxylation sites is 1. The molecule has 3 aromatic heterocycles. The second kappa shape index (κ2) is 8.88. The average molecular weight is 504 g/mol. The second-order valence-electron chi connectivity index (χ2n) is 10.3. The molecule has 0 saturated heterocycles. The van der Waals surface area contributed by atoms with Crippen molar-refractivity contribution in [3.63, 3.8) is 0 Å². The quantitative estimate of drug-likeness (QED) is 0.320. The Morgan fingerprint density at radius 3 is 2.57 bits per heavy atom. The van der Waals surface area contributed by atoms with Gasteiger partial charge >= 0.3 is 0 Å². The van der Waals surface area contributed by atoms with Crippen molar-refractivity contribution in [2.45, 2.75) is 47.0 Å². The molecule has 1 aliphatic carbocycles. The number of aromatic nitrogens is 1. The summed E-state index contributed by atoms with van der Waals surface area (Å²) in [5, 5.41) is 4.38. The number of primary amides is 1. The molecule has 1 aliphatic rings. The molecule has 1 aromatic carbocycles. The van der Waals surface area contributed by atoms with E-state index in [1.807, 2.05) is 36.4 Å². The molecule has 0 unspecified atom stereocenters. The Morgan fingerprint density at radius 1 is 1.11 bits per heavy atom. The summed E-state index contributed by atoms with van der Waals surface area (Å²) in [7, 11) is 0. The van der Waals surface area contributed by atoms with Crippen molar-refractivity contribution in [3.8, 4) is 10.6 Å². The fraction of sp³-hybridized carbons (Fsp3) is 0.321. The number of aryl methyl sites for hydroxylation is 1. The highest BCUT2D eigenvalue weighted by Gasteiger charge is 2.33. The SMILES string of the molecule is Cc1ccc(-c2cc(C(=O)Nc3sc4c(c3C(N)=O)CC[C@@H](C(C)(C)C)C4)c3ccccc3n2)s1. The first-order valence-corrected chi connectivity index (χ1v) is 13.5. The lowest BCUT2D eigenvalue weighted by Crippen LogP contribution is -2.27. The minimum Gasteiger partial charge on any atom is -0.365 e. The molecule has 3 heterocycles. The number of amides is 2. The summed E-state index contributed by atoms with van der Waals surface area (Å²) >= 11 is 3.14. The molecule has 0 bridgehead atoms. The first-order valence-electron chi connectivity index (χ1n) is 11.8. The topological polar surface area (TPSA) is 85.1 Å². The van der Waals surface area contributed by atoms with Gasteiger partial charge in [0.05, 0.1) is 27.2 Å². The lowest BCUT2D eigenvalue weighted by molar-refractivity contribution is 0.1000. The van der Waals surface area contributed by atoms with Crippen LogP contribution in [0.4, 0.5) is 5.00 Å². The van der Waals surface area contributed by atoms with Gasteiger partial charge in [-0.2, -0.15) is 0 Å². The van der Waals surface area contributed by atoms with Crippen LogP contribution in [0.2, 0.25) is 0 Å². The number of rotatable bonds is 4. The van der Waals surface area contributed by atoms with Crippen LogP contribution >= 0.6 is 22.7 Å². The summed E-state index contributed by atoms with van der Waals surface area (Å²) in [5.74, 6) is -0.216. The summed E-state index contributed by atoms with van der Waals surface area (Å²) in [4.78, 5) is 34.3. The number of carbonyl (C=O) groups excluding carboxylic acids is 2. The predicted molar refractivity (Wildman–Crippen MR) is 146 cm³/mol. The Morgan fingerprint density at radius 2 is 1.89 bits per heavy atom. The van der Waals surface area contributed by atoms with Crippen molar-refractivity contribution < 1.29 is 9.59 Å². The van der Waals surface area contributed by atoms with Crippen molar-refractivity contribution in [2.24, 2.45) is 17.1 Å². The molecule has 0 spiro atoms. The van der Waals surface area contributed by atoms with Crippen LogP contribution in [0.15, 0.2) is 42.5 Å². The molecular formula is C28H29N3O2S2. The van der Waals surface area contributed by atoms with Gasteiger partial charge in [-0.15, -0.1) is 22.7 Å². The lowest BCUT2D eigenvalue weighted by Gasteiger charge is -2.33. The monoisotopic (exact) mass is 503 g/mol. The summed E-state index contributed by atoms with van der Waals surface area (Å²) in [6.45, 7) is 8.83. The molecule has 0 radical (unpaired) electrons. The van der Waals surface area contributed by atoms with Crippen molar-refractivity contribution in [1.82, 2.24) is 4.98 Å². The van der Waals surface area contributed by atoms with Crippen LogP contribution < -0.4 is 11.1 Å². The number of nitrogens with two attached hydrogens (primary N) is 1. The van der Waals surface area contributed by atoms with Crippen LogP contribution in [0.25, 0.3) is 21.5 Å². The minimum absolute atomic E-state index is 0.185. The Labute approximate surface area is 213 Å². The average Bonchev–Trinajstić information content (AvgIpc) is 3.40. The number of nitrogens with one attached hydrogen (secondary N) is 1. The zero-order chi connectivity index (χ0) is 24.9. The molecule has 5 rings (SSSR count). The molecule has 4 aromatic rings. The van der Waals surface area contributed by atoms with Crippen LogP contribution in [0.1, 0.15) is 63.2 Å². The van der Waals surface area contributed by atoms with E-state index in [9.17, 15) is 9.59 Å². The first kappa shape index (κ1) is 23.7. The number of hydrogen-bond donors (Lipinski definition) is 2. The highest BCUT2D eigenvalue weighted by molar-refractivity contribution is 7.17. The van der Waals surface area contributed by atoms with Crippen molar-refractivity contribution in [2.75, 3.05) is 5.32 Å². The number of hydrogen-bond acceptors (Lipinski definition) is 5. The van der Waals surface area contributed by atoms with Gasteiger partial charge in [0.2, 0.25) is 0 Å². The van der Waals surface area contributed by atoms with Gasteiger partial charge in [-0.1, -0.05) is 39.0 Å². The van der Waals surface area contributed by atoms with E-state index in [2.05, 4.69) is 39.1 Å². The second-order valence-corrected chi connectivity index (χ2v) is 12.7. The van der Waals surface area contributed by atoms with Gasteiger partial charge in [-0.05, 0) is 67.3 Å². The van der Waals surface area contributed by atoms with Crippen LogP contribution in [0.3, 0.4) is 0 Å². The molecule has 5 nitrogen and oxygen atoms in total. The number of carbonyl (C=O) groups is 2. The van der Waals surface area contributed by atoms with Crippen LogP contribution in [0.5, 0.6) is 0 Å². The molecule has 2 amide bonds. The van der Waals surface area contributed by atoms with Gasteiger partial charge in [0.25, 0.3) is 11.8 Å². The largest absolute Gasteiger partial charge is 0.365 e. The smallest absolute Gasteiger partial charge is 0.257 e. The van der Waals surface area contributed by atoms with Crippen LogP contribution in [-0.4, -0.2) is 16.8 Å². The third-order valence-electron chi connectivity index (χ3n) is 6.92. The van der Waals surface area contributed by atoms with Gasteiger partial charge in [-0.3, -0.25) is 9.59 Å². The van der Waals surface area contributed by atoms with Gasteiger partial charge in [0, 0.05) is 15.1 Å². The van der Waals surface area contributed by atoms with Crippen molar-refractivity contribution in [1.29, 1.82) is 0 Å². The van der Waals surface area contributed by atoms with Gasteiger partial charge in [-0.25, -0.2) is 4.98 Å². The Kier molecular flexibility index (Phi) is 6.01. The summed E-state index contributed by atoms with van der Waals surface area (Å²) in [5.41, 5.74) is 9.54. The minimum atomic E-state index is -0.485. The van der Waals surface area contributed by atoms with E-state index in [0.29, 0.717) is 22.0 Å². The van der Waals surface area contributed by atoms with Crippen molar-refractivity contribution in [3.05, 3.63) is 68.9 Å². The first-order chi connectivity index (χ1) is 16.6. The van der Waals surface area contributed by atoms with E-state index in [4.69, 9.17) is 10.7 Å². The molecule has 180 valence electrons. The molecular weight excluding hydrogens is 474 g/mol. The maximum absolute atomic E-state index is 13.6. The number of pyridine rings is 1. The molecule has 1 atom stereocenters. The van der Waals surface area contributed by atoms with Gasteiger partial charge < -0.3 is 11.1 Å².